The highest BCUT2D eigenvalue weighted by Crippen LogP contribution is 2.27. The summed E-state index contributed by atoms with van der Waals surface area (Å²) in [4.78, 5) is 8.55. The topological polar surface area (TPSA) is 25.8 Å². The number of nitrogens with zero attached hydrogens (tertiary/aromatic N) is 2. The van der Waals surface area contributed by atoms with E-state index in [9.17, 15) is 0 Å². The molecule has 1 aromatic heterocycles. The van der Waals surface area contributed by atoms with Crippen LogP contribution in [0.2, 0.25) is 5.15 Å². The smallest absolute Gasteiger partial charge is 0.136 e. The van der Waals surface area contributed by atoms with Crippen LogP contribution in [0.5, 0.6) is 0 Å². The van der Waals surface area contributed by atoms with Gasteiger partial charge in [0.05, 0.1) is 0 Å². The number of aromatic nitrogens is 2. The number of aryl methyl sites for hydroxylation is 1. The van der Waals surface area contributed by atoms with Gasteiger partial charge < -0.3 is 0 Å². The van der Waals surface area contributed by atoms with Crippen LogP contribution in [0.25, 0.3) is 0 Å². The lowest BCUT2D eigenvalue weighted by Gasteiger charge is -2.07. The van der Waals surface area contributed by atoms with Crippen LogP contribution in [-0.4, -0.2) is 9.97 Å². The van der Waals surface area contributed by atoms with Crippen molar-refractivity contribution in [2.24, 2.45) is 0 Å². The van der Waals surface area contributed by atoms with Gasteiger partial charge in [-0.05, 0) is 19.4 Å². The van der Waals surface area contributed by atoms with Crippen molar-refractivity contribution in [1.29, 1.82) is 0 Å². The first kappa shape index (κ1) is 12.4. The van der Waals surface area contributed by atoms with E-state index in [1.807, 2.05) is 32.0 Å². The van der Waals surface area contributed by atoms with Crippen LogP contribution in [0.1, 0.15) is 17.0 Å². The molecule has 0 aliphatic rings. The molecule has 0 amide bonds. The van der Waals surface area contributed by atoms with Gasteiger partial charge in [0.2, 0.25) is 0 Å². The fraction of sp³-hybridized carbons (Fsp3) is 0.231. The molecule has 0 saturated carbocycles. The highest BCUT2D eigenvalue weighted by atomic mass is 35.5. The molecular formula is C13H13ClN2S. The minimum absolute atomic E-state index is 0.549. The number of rotatable bonds is 3. The average molecular weight is 265 g/mol. The maximum Gasteiger partial charge on any atom is 0.136 e. The summed E-state index contributed by atoms with van der Waals surface area (Å²) in [6, 6.07) is 10.3. The Bertz CT molecular complexity index is 514. The second-order valence-electron chi connectivity index (χ2n) is 3.77. The van der Waals surface area contributed by atoms with Crippen molar-refractivity contribution in [3.63, 3.8) is 0 Å². The van der Waals surface area contributed by atoms with Crippen LogP contribution in [0.3, 0.4) is 0 Å². The Morgan fingerprint density at radius 2 is 1.82 bits per heavy atom. The van der Waals surface area contributed by atoms with Gasteiger partial charge in [0.1, 0.15) is 16.0 Å². The fourth-order valence-electron chi connectivity index (χ4n) is 1.44. The molecule has 17 heavy (non-hydrogen) atoms. The fourth-order valence-corrected chi connectivity index (χ4v) is 2.71. The Kier molecular flexibility index (Phi) is 4.02. The summed E-state index contributed by atoms with van der Waals surface area (Å²) in [6.07, 6.45) is 0. The van der Waals surface area contributed by atoms with E-state index < -0.39 is 0 Å². The van der Waals surface area contributed by atoms with E-state index in [1.165, 1.54) is 5.56 Å². The van der Waals surface area contributed by atoms with E-state index in [0.29, 0.717) is 5.15 Å². The normalized spacial score (nSPS) is 10.5. The second kappa shape index (κ2) is 5.52. The van der Waals surface area contributed by atoms with Gasteiger partial charge in [-0.25, -0.2) is 9.97 Å². The molecular weight excluding hydrogens is 252 g/mol. The van der Waals surface area contributed by atoms with E-state index in [0.717, 1.165) is 22.2 Å². The molecule has 0 radical (unpaired) electrons. The maximum atomic E-state index is 6.04. The summed E-state index contributed by atoms with van der Waals surface area (Å²) in [7, 11) is 0. The minimum Gasteiger partial charge on any atom is -0.227 e. The molecule has 0 atom stereocenters. The molecule has 88 valence electrons. The molecule has 4 heteroatoms. The Hall–Kier alpha value is -1.06. The standard InChI is InChI=1S/C13H13ClN2S/c1-9-12(14)15-10(2)16-13(9)17-8-11-6-4-3-5-7-11/h3-7H,8H2,1-2H3. The third-order valence-electron chi connectivity index (χ3n) is 2.37. The van der Waals surface area contributed by atoms with Gasteiger partial charge in [0.25, 0.3) is 0 Å². The third kappa shape index (κ3) is 3.20. The van der Waals surface area contributed by atoms with Crippen molar-refractivity contribution < 1.29 is 0 Å². The van der Waals surface area contributed by atoms with Gasteiger partial charge in [-0.2, -0.15) is 0 Å². The van der Waals surface area contributed by atoms with Crippen molar-refractivity contribution in [1.82, 2.24) is 9.97 Å². The molecule has 0 saturated heterocycles. The predicted octanol–water partition coefficient (Wildman–Crippen LogP) is 4.04. The lowest BCUT2D eigenvalue weighted by atomic mass is 10.2. The van der Waals surface area contributed by atoms with Crippen LogP contribution in [-0.2, 0) is 5.75 Å². The number of hydrogen-bond acceptors (Lipinski definition) is 3. The molecule has 0 unspecified atom stereocenters. The van der Waals surface area contributed by atoms with Gasteiger partial charge in [-0.3, -0.25) is 0 Å². The SMILES string of the molecule is Cc1nc(Cl)c(C)c(SCc2ccccc2)n1. The van der Waals surface area contributed by atoms with E-state index in [4.69, 9.17) is 11.6 Å². The summed E-state index contributed by atoms with van der Waals surface area (Å²) in [5.74, 6) is 1.62. The van der Waals surface area contributed by atoms with Crippen molar-refractivity contribution in [2.45, 2.75) is 24.6 Å². The van der Waals surface area contributed by atoms with Gasteiger partial charge in [-0.1, -0.05) is 41.9 Å². The highest BCUT2D eigenvalue weighted by molar-refractivity contribution is 7.98. The van der Waals surface area contributed by atoms with Crippen molar-refractivity contribution in [3.05, 3.63) is 52.4 Å². The Balaban J connectivity index is 2.14. The van der Waals surface area contributed by atoms with Gasteiger partial charge >= 0.3 is 0 Å². The van der Waals surface area contributed by atoms with E-state index in [2.05, 4.69) is 22.1 Å². The molecule has 0 bridgehead atoms. The van der Waals surface area contributed by atoms with Crippen LogP contribution in [0.4, 0.5) is 0 Å². The number of thioether (sulfide) groups is 1. The lowest BCUT2D eigenvalue weighted by Crippen LogP contribution is -1.95. The average Bonchev–Trinajstić information content (AvgIpc) is 2.33. The monoisotopic (exact) mass is 264 g/mol. The Morgan fingerprint density at radius 3 is 2.53 bits per heavy atom. The quantitative estimate of drug-likeness (QED) is 0.618. The lowest BCUT2D eigenvalue weighted by molar-refractivity contribution is 0.938. The first-order valence-electron chi connectivity index (χ1n) is 5.34. The largest absolute Gasteiger partial charge is 0.227 e. The van der Waals surface area contributed by atoms with E-state index in [1.54, 1.807) is 11.8 Å². The zero-order valence-corrected chi connectivity index (χ0v) is 11.3. The molecule has 2 aromatic rings. The second-order valence-corrected chi connectivity index (χ2v) is 5.09. The minimum atomic E-state index is 0.549. The van der Waals surface area contributed by atoms with Crippen molar-refractivity contribution >= 4 is 23.4 Å². The molecule has 0 aliphatic heterocycles. The summed E-state index contributed by atoms with van der Waals surface area (Å²) in [5, 5.41) is 1.51. The molecule has 1 aromatic carbocycles. The zero-order chi connectivity index (χ0) is 12.3. The Labute approximate surface area is 110 Å². The predicted molar refractivity (Wildman–Crippen MR) is 72.5 cm³/mol. The third-order valence-corrected chi connectivity index (χ3v) is 3.89. The molecule has 2 rings (SSSR count). The molecule has 0 aliphatic carbocycles. The molecule has 0 N–H and O–H groups in total. The molecule has 0 spiro atoms. The molecule has 1 heterocycles. The Morgan fingerprint density at radius 1 is 1.12 bits per heavy atom. The number of benzene rings is 1. The van der Waals surface area contributed by atoms with Gasteiger partial charge in [0, 0.05) is 11.3 Å². The summed E-state index contributed by atoms with van der Waals surface area (Å²) in [5.41, 5.74) is 2.24. The van der Waals surface area contributed by atoms with Crippen LogP contribution < -0.4 is 0 Å². The number of hydrogen-bond donors (Lipinski definition) is 0. The van der Waals surface area contributed by atoms with Crippen molar-refractivity contribution in [3.8, 4) is 0 Å². The van der Waals surface area contributed by atoms with Crippen molar-refractivity contribution in [2.75, 3.05) is 0 Å². The zero-order valence-electron chi connectivity index (χ0n) is 9.77. The first-order chi connectivity index (χ1) is 8.16. The summed E-state index contributed by atoms with van der Waals surface area (Å²) in [6.45, 7) is 3.81. The summed E-state index contributed by atoms with van der Waals surface area (Å²) >= 11 is 7.73. The highest BCUT2D eigenvalue weighted by Gasteiger charge is 2.07. The summed E-state index contributed by atoms with van der Waals surface area (Å²) < 4.78 is 0. The van der Waals surface area contributed by atoms with Crippen LogP contribution in [0.15, 0.2) is 35.4 Å². The molecule has 0 fully saturated rings. The number of halogens is 1. The van der Waals surface area contributed by atoms with Gasteiger partial charge in [-0.15, -0.1) is 11.8 Å². The molecule has 2 nitrogen and oxygen atoms in total. The maximum absolute atomic E-state index is 6.04. The van der Waals surface area contributed by atoms with E-state index >= 15 is 0 Å². The first-order valence-corrected chi connectivity index (χ1v) is 6.70. The van der Waals surface area contributed by atoms with Crippen LogP contribution >= 0.6 is 23.4 Å². The van der Waals surface area contributed by atoms with Gasteiger partial charge in [0.15, 0.2) is 0 Å². The van der Waals surface area contributed by atoms with E-state index in [-0.39, 0.29) is 0 Å². The van der Waals surface area contributed by atoms with Crippen LogP contribution in [0, 0.1) is 13.8 Å².